The number of anilines is 2. The Bertz CT molecular complexity index is 473. The monoisotopic (exact) mass is 248 g/mol. The zero-order chi connectivity index (χ0) is 13.1. The number of benzene rings is 1. The molecule has 3 amide bonds. The SMILES string of the molecule is C[C@H](N)C(=O)Nc1cccc(N2CCNC2=O)c1. The molecule has 96 valence electrons. The van der Waals surface area contributed by atoms with Gasteiger partial charge in [0, 0.05) is 24.5 Å². The second-order valence-electron chi connectivity index (χ2n) is 4.21. The first-order chi connectivity index (χ1) is 8.58. The number of hydrogen-bond acceptors (Lipinski definition) is 3. The Balaban J connectivity index is 2.15. The third-order valence-corrected chi connectivity index (χ3v) is 2.70. The van der Waals surface area contributed by atoms with Gasteiger partial charge in [-0.1, -0.05) is 6.07 Å². The van der Waals surface area contributed by atoms with Gasteiger partial charge in [0.25, 0.3) is 0 Å². The molecular weight excluding hydrogens is 232 g/mol. The van der Waals surface area contributed by atoms with E-state index in [-0.39, 0.29) is 11.9 Å². The van der Waals surface area contributed by atoms with E-state index >= 15 is 0 Å². The number of carbonyl (C=O) groups excluding carboxylic acids is 2. The number of amides is 3. The van der Waals surface area contributed by atoms with E-state index in [0.29, 0.717) is 18.8 Å². The second kappa shape index (κ2) is 5.05. The number of urea groups is 1. The molecule has 1 aromatic rings. The number of nitrogens with one attached hydrogen (secondary N) is 2. The van der Waals surface area contributed by atoms with Gasteiger partial charge >= 0.3 is 6.03 Å². The van der Waals surface area contributed by atoms with Crippen LogP contribution in [0.5, 0.6) is 0 Å². The summed E-state index contributed by atoms with van der Waals surface area (Å²) in [7, 11) is 0. The van der Waals surface area contributed by atoms with E-state index in [4.69, 9.17) is 5.73 Å². The van der Waals surface area contributed by atoms with Crippen molar-refractivity contribution in [1.29, 1.82) is 0 Å². The van der Waals surface area contributed by atoms with E-state index < -0.39 is 6.04 Å². The number of hydrogen-bond donors (Lipinski definition) is 3. The van der Waals surface area contributed by atoms with Crippen LogP contribution in [0.3, 0.4) is 0 Å². The quantitative estimate of drug-likeness (QED) is 0.728. The lowest BCUT2D eigenvalue weighted by molar-refractivity contribution is -0.117. The Morgan fingerprint density at radius 2 is 2.33 bits per heavy atom. The molecule has 1 saturated heterocycles. The first-order valence-corrected chi connectivity index (χ1v) is 5.80. The minimum absolute atomic E-state index is 0.120. The van der Waals surface area contributed by atoms with Gasteiger partial charge in [-0.15, -0.1) is 0 Å². The predicted molar refractivity (Wildman–Crippen MR) is 69.5 cm³/mol. The highest BCUT2D eigenvalue weighted by Gasteiger charge is 2.21. The molecule has 0 saturated carbocycles. The molecule has 1 aliphatic rings. The summed E-state index contributed by atoms with van der Waals surface area (Å²) in [6, 6.07) is 6.45. The highest BCUT2D eigenvalue weighted by Crippen LogP contribution is 2.20. The molecule has 1 fully saturated rings. The lowest BCUT2D eigenvalue weighted by Gasteiger charge is -2.16. The summed E-state index contributed by atoms with van der Waals surface area (Å²) in [6.45, 7) is 2.88. The second-order valence-corrected chi connectivity index (χ2v) is 4.21. The van der Waals surface area contributed by atoms with Gasteiger partial charge in [0.2, 0.25) is 5.91 Å². The first-order valence-electron chi connectivity index (χ1n) is 5.80. The molecule has 1 aromatic carbocycles. The molecule has 4 N–H and O–H groups in total. The lowest BCUT2D eigenvalue weighted by Crippen LogP contribution is -2.32. The minimum atomic E-state index is -0.566. The summed E-state index contributed by atoms with van der Waals surface area (Å²) in [5, 5.41) is 5.42. The Kier molecular flexibility index (Phi) is 3.47. The number of nitrogens with zero attached hydrogens (tertiary/aromatic N) is 1. The molecule has 0 radical (unpaired) electrons. The molecule has 0 aromatic heterocycles. The molecule has 6 heteroatoms. The Morgan fingerprint density at radius 3 is 2.94 bits per heavy atom. The lowest BCUT2D eigenvalue weighted by atomic mass is 10.2. The van der Waals surface area contributed by atoms with Crippen LogP contribution in [0.2, 0.25) is 0 Å². The highest BCUT2D eigenvalue weighted by molar-refractivity contribution is 5.97. The van der Waals surface area contributed by atoms with Gasteiger partial charge in [-0.2, -0.15) is 0 Å². The average Bonchev–Trinajstić information content (AvgIpc) is 2.75. The molecule has 0 spiro atoms. The smallest absolute Gasteiger partial charge is 0.321 e. The van der Waals surface area contributed by atoms with Crippen LogP contribution in [-0.4, -0.2) is 31.1 Å². The van der Waals surface area contributed by atoms with Crippen LogP contribution in [0, 0.1) is 0 Å². The molecule has 1 heterocycles. The topological polar surface area (TPSA) is 87.5 Å². The van der Waals surface area contributed by atoms with Crippen molar-refractivity contribution in [2.45, 2.75) is 13.0 Å². The Morgan fingerprint density at radius 1 is 1.56 bits per heavy atom. The standard InChI is InChI=1S/C12H16N4O2/c1-8(13)11(17)15-9-3-2-4-10(7-9)16-6-5-14-12(16)18/h2-4,7-8H,5-6,13H2,1H3,(H,14,18)(H,15,17)/t8-/m0/s1. The summed E-state index contributed by atoms with van der Waals surface area (Å²) >= 11 is 0. The van der Waals surface area contributed by atoms with Crippen molar-refractivity contribution in [2.75, 3.05) is 23.3 Å². The van der Waals surface area contributed by atoms with Crippen LogP contribution in [0.25, 0.3) is 0 Å². The van der Waals surface area contributed by atoms with Crippen molar-refractivity contribution >= 4 is 23.3 Å². The van der Waals surface area contributed by atoms with E-state index in [2.05, 4.69) is 10.6 Å². The molecule has 0 bridgehead atoms. The molecule has 0 aliphatic carbocycles. The van der Waals surface area contributed by atoms with E-state index in [9.17, 15) is 9.59 Å². The maximum atomic E-state index is 11.5. The first kappa shape index (κ1) is 12.4. The molecular formula is C12H16N4O2. The van der Waals surface area contributed by atoms with Gasteiger partial charge in [0.15, 0.2) is 0 Å². The van der Waals surface area contributed by atoms with Crippen LogP contribution in [0.1, 0.15) is 6.92 Å². The number of nitrogens with two attached hydrogens (primary N) is 1. The van der Waals surface area contributed by atoms with Gasteiger partial charge < -0.3 is 16.4 Å². The van der Waals surface area contributed by atoms with Crippen LogP contribution in [0.15, 0.2) is 24.3 Å². The van der Waals surface area contributed by atoms with E-state index in [0.717, 1.165) is 5.69 Å². The maximum absolute atomic E-state index is 11.5. The molecule has 1 atom stereocenters. The number of rotatable bonds is 3. The highest BCUT2D eigenvalue weighted by atomic mass is 16.2. The fourth-order valence-electron chi connectivity index (χ4n) is 1.73. The zero-order valence-electron chi connectivity index (χ0n) is 10.1. The molecule has 2 rings (SSSR count). The van der Waals surface area contributed by atoms with Crippen LogP contribution in [0.4, 0.5) is 16.2 Å². The van der Waals surface area contributed by atoms with E-state index in [1.54, 1.807) is 30.0 Å². The maximum Gasteiger partial charge on any atom is 0.321 e. The Hall–Kier alpha value is -2.08. The molecule has 1 aliphatic heterocycles. The van der Waals surface area contributed by atoms with Gasteiger partial charge in [-0.3, -0.25) is 9.69 Å². The zero-order valence-corrected chi connectivity index (χ0v) is 10.1. The summed E-state index contributed by atoms with van der Waals surface area (Å²) in [4.78, 5) is 24.6. The van der Waals surface area contributed by atoms with Crippen molar-refractivity contribution in [1.82, 2.24) is 5.32 Å². The van der Waals surface area contributed by atoms with Crippen LogP contribution >= 0.6 is 0 Å². The minimum Gasteiger partial charge on any atom is -0.336 e. The molecule has 0 unspecified atom stereocenters. The fraction of sp³-hybridized carbons (Fsp3) is 0.333. The van der Waals surface area contributed by atoms with Crippen molar-refractivity contribution < 1.29 is 9.59 Å². The third kappa shape index (κ3) is 2.60. The fourth-order valence-corrected chi connectivity index (χ4v) is 1.73. The van der Waals surface area contributed by atoms with Crippen molar-refractivity contribution in [3.63, 3.8) is 0 Å². The van der Waals surface area contributed by atoms with E-state index in [1.165, 1.54) is 0 Å². The van der Waals surface area contributed by atoms with Crippen molar-refractivity contribution in [2.24, 2.45) is 5.73 Å². The van der Waals surface area contributed by atoms with E-state index in [1.807, 2.05) is 6.07 Å². The average molecular weight is 248 g/mol. The van der Waals surface area contributed by atoms with Crippen molar-refractivity contribution in [3.8, 4) is 0 Å². The van der Waals surface area contributed by atoms with Gasteiger partial charge in [0.1, 0.15) is 0 Å². The van der Waals surface area contributed by atoms with Crippen LogP contribution < -0.4 is 21.3 Å². The van der Waals surface area contributed by atoms with Crippen molar-refractivity contribution in [3.05, 3.63) is 24.3 Å². The summed E-state index contributed by atoms with van der Waals surface area (Å²) in [5.74, 6) is -0.252. The molecule has 18 heavy (non-hydrogen) atoms. The summed E-state index contributed by atoms with van der Waals surface area (Å²) in [5.41, 5.74) is 6.87. The van der Waals surface area contributed by atoms with Gasteiger partial charge in [-0.25, -0.2) is 4.79 Å². The number of carbonyl (C=O) groups is 2. The third-order valence-electron chi connectivity index (χ3n) is 2.70. The predicted octanol–water partition coefficient (Wildman–Crippen LogP) is 0.502. The summed E-state index contributed by atoms with van der Waals surface area (Å²) < 4.78 is 0. The van der Waals surface area contributed by atoms with Gasteiger partial charge in [-0.05, 0) is 25.1 Å². The largest absolute Gasteiger partial charge is 0.336 e. The normalized spacial score (nSPS) is 16.3. The Labute approximate surface area is 105 Å². The molecule has 6 nitrogen and oxygen atoms in total. The summed E-state index contributed by atoms with van der Waals surface area (Å²) in [6.07, 6.45) is 0. The van der Waals surface area contributed by atoms with Crippen LogP contribution in [-0.2, 0) is 4.79 Å². The van der Waals surface area contributed by atoms with Gasteiger partial charge in [0.05, 0.1) is 6.04 Å².